The van der Waals surface area contributed by atoms with E-state index in [1.807, 2.05) is 30.3 Å². The van der Waals surface area contributed by atoms with E-state index >= 15 is 0 Å². The minimum absolute atomic E-state index is 0.0227. The first-order valence-electron chi connectivity index (χ1n) is 8.17. The maximum absolute atomic E-state index is 13.4. The molecule has 1 amide bonds. The zero-order valence-corrected chi connectivity index (χ0v) is 16.0. The quantitative estimate of drug-likeness (QED) is 0.608. The number of carbonyl (C=O) groups is 1. The summed E-state index contributed by atoms with van der Waals surface area (Å²) in [6.45, 7) is 0.260. The third-order valence-corrected chi connectivity index (χ3v) is 5.51. The maximum Gasteiger partial charge on any atom is 0.340 e. The monoisotopic (exact) mass is 419 g/mol. The minimum atomic E-state index is -4.44. The van der Waals surface area contributed by atoms with Crippen molar-refractivity contribution in [3.63, 3.8) is 0 Å². The van der Waals surface area contributed by atoms with E-state index in [0.29, 0.717) is 0 Å². The zero-order valence-electron chi connectivity index (χ0n) is 14.4. The van der Waals surface area contributed by atoms with Gasteiger partial charge in [-0.25, -0.2) is 4.39 Å². The number of nitrogens with one attached hydrogen (secondary N) is 1. The van der Waals surface area contributed by atoms with Gasteiger partial charge in [0.15, 0.2) is 5.75 Å². The highest BCUT2D eigenvalue weighted by atomic mass is 35.5. The number of hydrogen-bond donors (Lipinski definition) is 1. The molecule has 1 N–H and O–H groups in total. The van der Waals surface area contributed by atoms with Crippen molar-refractivity contribution < 1.29 is 21.8 Å². The number of benzene rings is 3. The summed E-state index contributed by atoms with van der Waals surface area (Å²) in [5.41, 5.74) is 0.906. The maximum atomic E-state index is 13.4. The van der Waals surface area contributed by atoms with Crippen LogP contribution in [0.3, 0.4) is 0 Å². The molecule has 0 saturated heterocycles. The standard InChI is InChI=1S/C20H15ClFNO4S/c21-17-11-10-15(22)12-19(17)28(25,26)27-18-9-5-4-8-16(18)20(24)23-13-14-6-2-1-3-7-14/h1-12H,13H2,(H,23,24). The van der Waals surface area contributed by atoms with Crippen molar-refractivity contribution in [2.45, 2.75) is 11.4 Å². The lowest BCUT2D eigenvalue weighted by Crippen LogP contribution is -2.24. The van der Waals surface area contributed by atoms with Gasteiger partial charge in [0, 0.05) is 6.54 Å². The lowest BCUT2D eigenvalue weighted by atomic mass is 10.1. The van der Waals surface area contributed by atoms with E-state index in [0.717, 1.165) is 23.8 Å². The molecule has 0 aliphatic heterocycles. The topological polar surface area (TPSA) is 72.5 Å². The molecule has 3 aromatic rings. The minimum Gasteiger partial charge on any atom is -0.378 e. The molecule has 8 heteroatoms. The predicted molar refractivity (Wildman–Crippen MR) is 103 cm³/mol. The summed E-state index contributed by atoms with van der Waals surface area (Å²) in [7, 11) is -4.44. The van der Waals surface area contributed by atoms with E-state index in [4.69, 9.17) is 15.8 Å². The molecule has 0 radical (unpaired) electrons. The van der Waals surface area contributed by atoms with Crippen LogP contribution < -0.4 is 9.50 Å². The van der Waals surface area contributed by atoms with Crippen LogP contribution in [0.15, 0.2) is 77.7 Å². The molecule has 0 fully saturated rings. The summed E-state index contributed by atoms with van der Waals surface area (Å²) in [5.74, 6) is -1.48. The number of halogens is 2. The van der Waals surface area contributed by atoms with Crippen LogP contribution in [-0.4, -0.2) is 14.3 Å². The second-order valence-electron chi connectivity index (χ2n) is 5.78. The second-order valence-corrected chi connectivity index (χ2v) is 7.70. The SMILES string of the molecule is O=C(NCc1ccccc1)c1ccccc1OS(=O)(=O)c1cc(F)ccc1Cl. The third-order valence-electron chi connectivity index (χ3n) is 3.79. The van der Waals surface area contributed by atoms with Crippen molar-refractivity contribution in [2.75, 3.05) is 0 Å². The highest BCUT2D eigenvalue weighted by Gasteiger charge is 2.24. The molecule has 0 bridgehead atoms. The first-order chi connectivity index (χ1) is 13.4. The van der Waals surface area contributed by atoms with Gasteiger partial charge in [0.05, 0.1) is 10.6 Å². The fourth-order valence-corrected chi connectivity index (χ4v) is 3.87. The van der Waals surface area contributed by atoms with Crippen LogP contribution in [0, 0.1) is 5.82 Å². The van der Waals surface area contributed by atoms with E-state index in [1.165, 1.54) is 18.2 Å². The smallest absolute Gasteiger partial charge is 0.340 e. The van der Waals surface area contributed by atoms with Crippen LogP contribution in [0.2, 0.25) is 5.02 Å². The molecule has 0 aliphatic rings. The van der Waals surface area contributed by atoms with Gasteiger partial charge in [0.25, 0.3) is 5.91 Å². The Hall–Kier alpha value is -2.90. The second kappa shape index (κ2) is 8.41. The highest BCUT2D eigenvalue weighted by molar-refractivity contribution is 7.87. The lowest BCUT2D eigenvalue weighted by molar-refractivity contribution is 0.0949. The summed E-state index contributed by atoms with van der Waals surface area (Å²) >= 11 is 5.86. The molecule has 0 spiro atoms. The van der Waals surface area contributed by atoms with Gasteiger partial charge in [-0.15, -0.1) is 0 Å². The zero-order chi connectivity index (χ0) is 20.1. The van der Waals surface area contributed by atoms with Gasteiger partial charge in [-0.2, -0.15) is 8.42 Å². The Morgan fingerprint density at radius 1 is 1.00 bits per heavy atom. The van der Waals surface area contributed by atoms with E-state index in [1.54, 1.807) is 6.07 Å². The average molecular weight is 420 g/mol. The molecular formula is C20H15ClFNO4S. The normalized spacial score (nSPS) is 11.1. The van der Waals surface area contributed by atoms with Crippen molar-refractivity contribution in [2.24, 2.45) is 0 Å². The number of amides is 1. The molecule has 0 heterocycles. The van der Waals surface area contributed by atoms with Gasteiger partial charge in [-0.1, -0.05) is 54.1 Å². The Morgan fingerprint density at radius 3 is 2.43 bits per heavy atom. The predicted octanol–water partition coefficient (Wildman–Crippen LogP) is 4.18. The van der Waals surface area contributed by atoms with Gasteiger partial charge in [-0.3, -0.25) is 4.79 Å². The van der Waals surface area contributed by atoms with Crippen molar-refractivity contribution in [1.82, 2.24) is 5.32 Å². The van der Waals surface area contributed by atoms with E-state index in [9.17, 15) is 17.6 Å². The van der Waals surface area contributed by atoms with E-state index in [2.05, 4.69) is 5.32 Å². The highest BCUT2D eigenvalue weighted by Crippen LogP contribution is 2.27. The van der Waals surface area contributed by atoms with E-state index < -0.39 is 26.7 Å². The Bertz CT molecular complexity index is 1100. The molecule has 0 aliphatic carbocycles. The molecule has 3 aromatic carbocycles. The summed E-state index contributed by atoms with van der Waals surface area (Å²) in [6.07, 6.45) is 0. The summed E-state index contributed by atoms with van der Waals surface area (Å²) in [6, 6.07) is 18.0. The Morgan fingerprint density at radius 2 is 1.68 bits per heavy atom. The third kappa shape index (κ3) is 4.68. The van der Waals surface area contributed by atoms with Gasteiger partial charge >= 0.3 is 10.1 Å². The Balaban J connectivity index is 1.83. The van der Waals surface area contributed by atoms with Crippen molar-refractivity contribution >= 4 is 27.6 Å². The molecule has 144 valence electrons. The van der Waals surface area contributed by atoms with Crippen molar-refractivity contribution in [3.05, 3.63) is 94.8 Å². The number of carbonyl (C=O) groups excluding carboxylic acids is 1. The average Bonchev–Trinajstić information content (AvgIpc) is 2.69. The first-order valence-corrected chi connectivity index (χ1v) is 9.96. The summed E-state index contributed by atoms with van der Waals surface area (Å²) in [4.78, 5) is 12.0. The van der Waals surface area contributed by atoms with E-state index in [-0.39, 0.29) is 22.9 Å². The molecule has 3 rings (SSSR count). The van der Waals surface area contributed by atoms with Crippen molar-refractivity contribution in [3.8, 4) is 5.75 Å². The first kappa shape index (κ1) is 19.9. The van der Waals surface area contributed by atoms with Crippen LogP contribution in [0.25, 0.3) is 0 Å². The van der Waals surface area contributed by atoms with Gasteiger partial charge in [-0.05, 0) is 35.9 Å². The van der Waals surface area contributed by atoms with Gasteiger partial charge < -0.3 is 9.50 Å². The summed E-state index contributed by atoms with van der Waals surface area (Å²) < 4.78 is 43.6. The molecule has 0 aromatic heterocycles. The van der Waals surface area contributed by atoms with Crippen LogP contribution in [0.4, 0.5) is 4.39 Å². The summed E-state index contributed by atoms with van der Waals surface area (Å²) in [5, 5.41) is 2.51. The number of hydrogen-bond acceptors (Lipinski definition) is 4. The lowest BCUT2D eigenvalue weighted by Gasteiger charge is -2.12. The van der Waals surface area contributed by atoms with Gasteiger partial charge in [0.2, 0.25) is 0 Å². The Kier molecular flexibility index (Phi) is 5.96. The fraction of sp³-hybridized carbons (Fsp3) is 0.0500. The van der Waals surface area contributed by atoms with Gasteiger partial charge in [0.1, 0.15) is 10.7 Å². The molecule has 5 nitrogen and oxygen atoms in total. The Labute approximate surface area is 166 Å². The molecule has 0 atom stereocenters. The molecule has 28 heavy (non-hydrogen) atoms. The molecule has 0 unspecified atom stereocenters. The van der Waals surface area contributed by atoms with Crippen LogP contribution >= 0.6 is 11.6 Å². The number of para-hydroxylation sites is 1. The fourth-order valence-electron chi connectivity index (χ4n) is 2.43. The molecule has 0 saturated carbocycles. The number of rotatable bonds is 6. The largest absolute Gasteiger partial charge is 0.378 e. The van der Waals surface area contributed by atoms with Crippen LogP contribution in [0.1, 0.15) is 15.9 Å². The van der Waals surface area contributed by atoms with Crippen LogP contribution in [-0.2, 0) is 16.7 Å². The van der Waals surface area contributed by atoms with Crippen molar-refractivity contribution in [1.29, 1.82) is 0 Å². The molecular weight excluding hydrogens is 405 g/mol. The van der Waals surface area contributed by atoms with Crippen LogP contribution in [0.5, 0.6) is 5.75 Å².